The number of aliphatic hydroxyl groups is 1. The van der Waals surface area contributed by atoms with Crippen LogP contribution >= 0.6 is 11.3 Å². The first-order valence-electron chi connectivity index (χ1n) is 11.6. The summed E-state index contributed by atoms with van der Waals surface area (Å²) in [6.45, 7) is 7.48. The van der Waals surface area contributed by atoms with E-state index in [1.54, 1.807) is 39.0 Å². The summed E-state index contributed by atoms with van der Waals surface area (Å²) in [6, 6.07) is 9.16. The Morgan fingerprint density at radius 1 is 1.11 bits per heavy atom. The highest BCUT2D eigenvalue weighted by atomic mass is 32.1. The average Bonchev–Trinajstić information content (AvgIpc) is 3.36. The van der Waals surface area contributed by atoms with Crippen LogP contribution in [0.15, 0.2) is 48.0 Å². The van der Waals surface area contributed by atoms with Gasteiger partial charge in [-0.15, -0.1) is 0 Å². The summed E-state index contributed by atoms with van der Waals surface area (Å²) >= 11 is 0.905. The number of aryl methyl sites for hydroxylation is 2. The number of amides is 1. The number of esters is 1. The highest BCUT2D eigenvalue weighted by Crippen LogP contribution is 2.44. The Bertz CT molecular complexity index is 1410. The molecule has 4 rings (SSSR count). The van der Waals surface area contributed by atoms with Crippen molar-refractivity contribution in [1.82, 2.24) is 4.98 Å². The second-order valence-corrected chi connectivity index (χ2v) is 9.24. The fraction of sp³-hybridized carbons (Fsp3) is 0.259. The Hall–Kier alpha value is -4.05. The molecule has 8 nitrogen and oxygen atoms in total. The van der Waals surface area contributed by atoms with E-state index in [9.17, 15) is 23.9 Å². The minimum absolute atomic E-state index is 0.0828. The van der Waals surface area contributed by atoms with Crippen molar-refractivity contribution in [2.75, 3.05) is 18.1 Å². The van der Waals surface area contributed by atoms with Crippen molar-refractivity contribution in [2.24, 2.45) is 0 Å². The second kappa shape index (κ2) is 10.5. The normalized spacial score (nSPS) is 16.8. The number of hydrogen-bond acceptors (Lipinski definition) is 8. The van der Waals surface area contributed by atoms with Crippen molar-refractivity contribution in [2.45, 2.75) is 33.7 Å². The molecule has 1 atom stereocenters. The SMILES string of the molecule is CCOC(=O)c1sc(N2C(=O)C(=O)/C(=C(/O)c3ccc(OCC)cc3C)C2c2ccc(F)cc2)nc1C. The molecule has 1 amide bonds. The molecule has 1 aromatic heterocycles. The molecule has 2 aromatic carbocycles. The molecule has 1 aliphatic rings. The van der Waals surface area contributed by atoms with Crippen LogP contribution in [0.5, 0.6) is 5.75 Å². The van der Waals surface area contributed by atoms with Gasteiger partial charge in [-0.1, -0.05) is 23.5 Å². The standard InChI is InChI=1S/C27H25FN2O6S/c1-5-35-18-11-12-19(14(3)13-18)22(31)20-21(16-7-9-17(28)10-8-16)30(25(33)23(20)32)27-29-15(4)24(37-27)26(34)36-6-2/h7-13,21,31H,5-6H2,1-4H3/b22-20+. The lowest BCUT2D eigenvalue weighted by molar-refractivity contribution is -0.132. The van der Waals surface area contributed by atoms with Gasteiger partial charge in [0.05, 0.1) is 30.5 Å². The monoisotopic (exact) mass is 524 g/mol. The van der Waals surface area contributed by atoms with Gasteiger partial charge in [0.15, 0.2) is 5.13 Å². The van der Waals surface area contributed by atoms with E-state index in [1.807, 2.05) is 6.92 Å². The van der Waals surface area contributed by atoms with Crippen LogP contribution in [0.25, 0.3) is 5.76 Å². The lowest BCUT2D eigenvalue weighted by Crippen LogP contribution is -2.29. The number of nitrogens with zero attached hydrogens (tertiary/aromatic N) is 2. The van der Waals surface area contributed by atoms with Crippen molar-refractivity contribution >= 4 is 39.9 Å². The summed E-state index contributed by atoms with van der Waals surface area (Å²) in [5.41, 5.74) is 1.52. The van der Waals surface area contributed by atoms with E-state index in [4.69, 9.17) is 9.47 Å². The first-order chi connectivity index (χ1) is 17.7. The second-order valence-electron chi connectivity index (χ2n) is 8.26. The number of halogens is 1. The lowest BCUT2D eigenvalue weighted by Gasteiger charge is -2.23. The first-order valence-corrected chi connectivity index (χ1v) is 12.4. The molecular formula is C27H25FN2O6S. The van der Waals surface area contributed by atoms with E-state index in [-0.39, 0.29) is 27.9 Å². The van der Waals surface area contributed by atoms with Crippen LogP contribution in [0.4, 0.5) is 9.52 Å². The summed E-state index contributed by atoms with van der Waals surface area (Å²) in [4.78, 5) is 44.7. The van der Waals surface area contributed by atoms with Gasteiger partial charge >= 0.3 is 11.9 Å². The number of rotatable bonds is 7. The van der Waals surface area contributed by atoms with Gasteiger partial charge in [0.1, 0.15) is 22.2 Å². The van der Waals surface area contributed by atoms with E-state index in [0.29, 0.717) is 34.7 Å². The molecule has 3 aromatic rings. The molecular weight excluding hydrogens is 499 g/mol. The van der Waals surface area contributed by atoms with Crippen LogP contribution in [0.1, 0.15) is 51.9 Å². The minimum atomic E-state index is -1.10. The fourth-order valence-electron chi connectivity index (χ4n) is 4.16. The maximum absolute atomic E-state index is 13.8. The fourth-order valence-corrected chi connectivity index (χ4v) is 5.15. The maximum Gasteiger partial charge on any atom is 0.350 e. The summed E-state index contributed by atoms with van der Waals surface area (Å²) in [5.74, 6) is -2.73. The predicted molar refractivity (Wildman–Crippen MR) is 136 cm³/mol. The Morgan fingerprint density at radius 2 is 1.81 bits per heavy atom. The lowest BCUT2D eigenvalue weighted by atomic mass is 9.94. The van der Waals surface area contributed by atoms with Crippen molar-refractivity contribution < 1.29 is 33.4 Å². The van der Waals surface area contributed by atoms with Gasteiger partial charge < -0.3 is 14.6 Å². The predicted octanol–water partition coefficient (Wildman–Crippen LogP) is 5.10. The molecule has 10 heteroatoms. The third-order valence-electron chi connectivity index (χ3n) is 5.85. The molecule has 1 unspecified atom stereocenters. The first kappa shape index (κ1) is 26.0. The highest BCUT2D eigenvalue weighted by molar-refractivity contribution is 7.17. The number of ether oxygens (including phenoxy) is 2. The molecule has 192 valence electrons. The Labute approximate surface area is 217 Å². The number of hydrogen-bond donors (Lipinski definition) is 1. The number of ketones is 1. The molecule has 1 fully saturated rings. The van der Waals surface area contributed by atoms with Gasteiger partial charge in [-0.3, -0.25) is 14.5 Å². The molecule has 37 heavy (non-hydrogen) atoms. The largest absolute Gasteiger partial charge is 0.507 e. The Balaban J connectivity index is 1.90. The quantitative estimate of drug-likeness (QED) is 0.198. The van der Waals surface area contributed by atoms with Crippen LogP contribution in [-0.4, -0.2) is 41.0 Å². The smallest absolute Gasteiger partial charge is 0.350 e. The number of anilines is 1. The Kier molecular flexibility index (Phi) is 7.40. The van der Waals surface area contributed by atoms with Gasteiger partial charge in [0.25, 0.3) is 5.78 Å². The van der Waals surface area contributed by atoms with Crippen LogP contribution < -0.4 is 9.64 Å². The van der Waals surface area contributed by atoms with Gasteiger partial charge in [-0.25, -0.2) is 14.2 Å². The maximum atomic E-state index is 13.8. The number of carbonyl (C=O) groups is 3. The summed E-state index contributed by atoms with van der Waals surface area (Å²) < 4.78 is 24.3. The molecule has 0 radical (unpaired) electrons. The molecule has 1 aliphatic heterocycles. The number of thiazole rings is 1. The number of aromatic nitrogens is 1. The van der Waals surface area contributed by atoms with E-state index in [2.05, 4.69) is 4.98 Å². The molecule has 0 spiro atoms. The van der Waals surface area contributed by atoms with Crippen molar-refractivity contribution in [1.29, 1.82) is 0 Å². The van der Waals surface area contributed by atoms with Crippen LogP contribution in [-0.2, 0) is 14.3 Å². The summed E-state index contributed by atoms with van der Waals surface area (Å²) in [5, 5.41) is 11.4. The van der Waals surface area contributed by atoms with Crippen molar-refractivity contribution in [3.63, 3.8) is 0 Å². The van der Waals surface area contributed by atoms with Crippen LogP contribution in [0, 0.1) is 19.7 Å². The molecule has 0 bridgehead atoms. The zero-order valence-corrected chi connectivity index (χ0v) is 21.5. The van der Waals surface area contributed by atoms with E-state index >= 15 is 0 Å². The number of aliphatic hydroxyl groups excluding tert-OH is 1. The average molecular weight is 525 g/mol. The topological polar surface area (TPSA) is 106 Å². The number of benzene rings is 2. The van der Waals surface area contributed by atoms with Crippen LogP contribution in [0.3, 0.4) is 0 Å². The molecule has 0 saturated carbocycles. The van der Waals surface area contributed by atoms with Crippen LogP contribution in [0.2, 0.25) is 0 Å². The molecule has 0 aliphatic carbocycles. The minimum Gasteiger partial charge on any atom is -0.507 e. The number of Topliss-reactive ketones (excluding diaryl/α,β-unsaturated/α-hetero) is 1. The van der Waals surface area contributed by atoms with E-state index in [1.165, 1.54) is 24.3 Å². The zero-order valence-electron chi connectivity index (χ0n) is 20.7. The molecule has 1 N–H and O–H groups in total. The molecule has 1 saturated heterocycles. The summed E-state index contributed by atoms with van der Waals surface area (Å²) in [7, 11) is 0. The third-order valence-corrected chi connectivity index (χ3v) is 6.98. The number of carbonyl (C=O) groups excluding carboxylic acids is 3. The highest BCUT2D eigenvalue weighted by Gasteiger charge is 2.48. The van der Waals surface area contributed by atoms with E-state index < -0.39 is 29.5 Å². The van der Waals surface area contributed by atoms with Gasteiger partial charge in [0.2, 0.25) is 0 Å². The van der Waals surface area contributed by atoms with Gasteiger partial charge in [-0.05, 0) is 69.2 Å². The van der Waals surface area contributed by atoms with E-state index in [0.717, 1.165) is 16.2 Å². The Morgan fingerprint density at radius 3 is 2.43 bits per heavy atom. The van der Waals surface area contributed by atoms with Crippen molar-refractivity contribution in [3.8, 4) is 5.75 Å². The third kappa shape index (κ3) is 4.84. The zero-order chi connectivity index (χ0) is 26.9. The van der Waals surface area contributed by atoms with Gasteiger partial charge in [-0.2, -0.15) is 0 Å². The van der Waals surface area contributed by atoms with Gasteiger partial charge in [0, 0.05) is 5.56 Å². The van der Waals surface area contributed by atoms with Crippen molar-refractivity contribution in [3.05, 3.63) is 81.1 Å². The summed E-state index contributed by atoms with van der Waals surface area (Å²) in [6.07, 6.45) is 0. The molecule has 2 heterocycles.